The van der Waals surface area contributed by atoms with E-state index in [2.05, 4.69) is 37.0 Å². The highest BCUT2D eigenvalue weighted by molar-refractivity contribution is 5.85. The van der Waals surface area contributed by atoms with Crippen LogP contribution in [0.25, 0.3) is 10.9 Å². The molecule has 0 amide bonds. The molecule has 15 heavy (non-hydrogen) atoms. The van der Waals surface area contributed by atoms with Gasteiger partial charge in [-0.25, -0.2) is 0 Å². The lowest BCUT2D eigenvalue weighted by Crippen LogP contribution is -2.00. The van der Waals surface area contributed by atoms with E-state index in [9.17, 15) is 0 Å². The Bertz CT molecular complexity index is 469. The van der Waals surface area contributed by atoms with E-state index in [0.717, 1.165) is 19.4 Å². The summed E-state index contributed by atoms with van der Waals surface area (Å²) >= 11 is 0. The summed E-state index contributed by atoms with van der Waals surface area (Å²) in [6, 6.07) is 6.58. The van der Waals surface area contributed by atoms with Gasteiger partial charge in [0.1, 0.15) is 0 Å². The molecule has 3 N–H and O–H groups in total. The Balaban J connectivity index is 2.48. The molecule has 0 spiro atoms. The SMILES string of the molecule is Cc1ccc2c(CCCN)c(C)[nH]c2c1. The lowest BCUT2D eigenvalue weighted by molar-refractivity contribution is 0.831. The van der Waals surface area contributed by atoms with E-state index >= 15 is 0 Å². The largest absolute Gasteiger partial charge is 0.358 e. The molecule has 1 aromatic heterocycles. The lowest BCUT2D eigenvalue weighted by Gasteiger charge is -1.99. The molecule has 2 rings (SSSR count). The smallest absolute Gasteiger partial charge is 0.0461 e. The highest BCUT2D eigenvalue weighted by atomic mass is 14.7. The molecular weight excluding hydrogens is 184 g/mol. The highest BCUT2D eigenvalue weighted by Crippen LogP contribution is 2.24. The van der Waals surface area contributed by atoms with Crippen LogP contribution in [-0.4, -0.2) is 11.5 Å². The van der Waals surface area contributed by atoms with Crippen LogP contribution in [0, 0.1) is 13.8 Å². The maximum Gasteiger partial charge on any atom is 0.0461 e. The van der Waals surface area contributed by atoms with E-state index in [1.54, 1.807) is 0 Å². The van der Waals surface area contributed by atoms with E-state index in [1.165, 1.54) is 27.7 Å². The maximum atomic E-state index is 5.55. The monoisotopic (exact) mass is 202 g/mol. The van der Waals surface area contributed by atoms with Gasteiger partial charge in [-0.3, -0.25) is 0 Å². The third kappa shape index (κ3) is 1.90. The number of H-pyrrole nitrogens is 1. The summed E-state index contributed by atoms with van der Waals surface area (Å²) < 4.78 is 0. The molecule has 0 radical (unpaired) electrons. The van der Waals surface area contributed by atoms with Crippen molar-refractivity contribution >= 4 is 10.9 Å². The van der Waals surface area contributed by atoms with Crippen LogP contribution in [0.2, 0.25) is 0 Å². The third-order valence-electron chi connectivity index (χ3n) is 2.91. The van der Waals surface area contributed by atoms with Crippen molar-refractivity contribution in [1.82, 2.24) is 4.98 Å². The number of rotatable bonds is 3. The van der Waals surface area contributed by atoms with Crippen molar-refractivity contribution in [1.29, 1.82) is 0 Å². The number of hydrogen-bond acceptors (Lipinski definition) is 1. The van der Waals surface area contributed by atoms with E-state index in [1.807, 2.05) is 0 Å². The Morgan fingerprint density at radius 1 is 1.27 bits per heavy atom. The molecule has 0 aliphatic carbocycles. The molecule has 0 bridgehead atoms. The zero-order valence-electron chi connectivity index (χ0n) is 9.43. The molecule has 0 saturated heterocycles. The molecule has 0 fully saturated rings. The van der Waals surface area contributed by atoms with Crippen LogP contribution in [-0.2, 0) is 6.42 Å². The molecule has 0 unspecified atom stereocenters. The fourth-order valence-electron chi connectivity index (χ4n) is 2.11. The van der Waals surface area contributed by atoms with Gasteiger partial charge in [-0.2, -0.15) is 0 Å². The highest BCUT2D eigenvalue weighted by Gasteiger charge is 2.07. The fourth-order valence-corrected chi connectivity index (χ4v) is 2.11. The van der Waals surface area contributed by atoms with Gasteiger partial charge in [0.25, 0.3) is 0 Å². The normalized spacial score (nSPS) is 11.1. The molecule has 0 aliphatic heterocycles. The van der Waals surface area contributed by atoms with E-state index < -0.39 is 0 Å². The summed E-state index contributed by atoms with van der Waals surface area (Å²) in [5.74, 6) is 0. The summed E-state index contributed by atoms with van der Waals surface area (Å²) in [6.45, 7) is 5.02. The molecule has 2 nitrogen and oxygen atoms in total. The van der Waals surface area contributed by atoms with Gasteiger partial charge in [-0.05, 0) is 50.4 Å². The predicted molar refractivity (Wildman–Crippen MR) is 65.1 cm³/mol. The fraction of sp³-hybridized carbons (Fsp3) is 0.385. The first-order valence-corrected chi connectivity index (χ1v) is 5.50. The molecular formula is C13H18N2. The van der Waals surface area contributed by atoms with Gasteiger partial charge in [-0.15, -0.1) is 0 Å². The van der Waals surface area contributed by atoms with E-state index in [-0.39, 0.29) is 0 Å². The average Bonchev–Trinajstić information content (AvgIpc) is 2.50. The van der Waals surface area contributed by atoms with Gasteiger partial charge in [0.15, 0.2) is 0 Å². The van der Waals surface area contributed by atoms with Gasteiger partial charge < -0.3 is 10.7 Å². The summed E-state index contributed by atoms with van der Waals surface area (Å²) in [6.07, 6.45) is 2.13. The number of benzene rings is 1. The minimum atomic E-state index is 0.762. The maximum absolute atomic E-state index is 5.55. The van der Waals surface area contributed by atoms with Gasteiger partial charge in [-0.1, -0.05) is 12.1 Å². The van der Waals surface area contributed by atoms with Gasteiger partial charge in [0.05, 0.1) is 0 Å². The second-order valence-electron chi connectivity index (χ2n) is 4.17. The van der Waals surface area contributed by atoms with Crippen molar-refractivity contribution in [2.24, 2.45) is 5.73 Å². The second-order valence-corrected chi connectivity index (χ2v) is 4.17. The lowest BCUT2D eigenvalue weighted by atomic mass is 10.0. The molecule has 1 aromatic carbocycles. The zero-order valence-corrected chi connectivity index (χ0v) is 9.43. The Morgan fingerprint density at radius 2 is 2.07 bits per heavy atom. The van der Waals surface area contributed by atoms with E-state index in [0.29, 0.717) is 0 Å². The number of aromatic nitrogens is 1. The van der Waals surface area contributed by atoms with Crippen molar-refractivity contribution in [3.63, 3.8) is 0 Å². The van der Waals surface area contributed by atoms with Crippen LogP contribution in [0.5, 0.6) is 0 Å². The predicted octanol–water partition coefficient (Wildman–Crippen LogP) is 2.68. The number of aryl methyl sites for hydroxylation is 3. The molecule has 2 aromatic rings. The quantitative estimate of drug-likeness (QED) is 0.789. The number of nitrogens with one attached hydrogen (secondary N) is 1. The van der Waals surface area contributed by atoms with Crippen LogP contribution < -0.4 is 5.73 Å². The molecule has 0 aliphatic rings. The standard InChI is InChI=1S/C13H18N2/c1-9-5-6-12-11(4-3-7-14)10(2)15-13(12)8-9/h5-6,8,15H,3-4,7,14H2,1-2H3. The van der Waals surface area contributed by atoms with Crippen LogP contribution in [0.3, 0.4) is 0 Å². The van der Waals surface area contributed by atoms with Gasteiger partial charge in [0, 0.05) is 16.6 Å². The molecule has 80 valence electrons. The van der Waals surface area contributed by atoms with Crippen LogP contribution in [0.1, 0.15) is 23.2 Å². The number of hydrogen-bond donors (Lipinski definition) is 2. The Labute approximate surface area is 90.5 Å². The first-order valence-electron chi connectivity index (χ1n) is 5.50. The number of aromatic amines is 1. The summed E-state index contributed by atoms with van der Waals surface area (Å²) in [4.78, 5) is 3.44. The average molecular weight is 202 g/mol. The van der Waals surface area contributed by atoms with Crippen LogP contribution in [0.15, 0.2) is 18.2 Å². The minimum Gasteiger partial charge on any atom is -0.358 e. The van der Waals surface area contributed by atoms with Gasteiger partial charge in [0.2, 0.25) is 0 Å². The molecule has 2 heteroatoms. The van der Waals surface area contributed by atoms with Crippen LogP contribution >= 0.6 is 0 Å². The van der Waals surface area contributed by atoms with Crippen LogP contribution in [0.4, 0.5) is 0 Å². The molecule has 0 saturated carbocycles. The van der Waals surface area contributed by atoms with Crippen molar-refractivity contribution in [2.75, 3.05) is 6.54 Å². The second kappa shape index (κ2) is 4.07. The molecule has 1 heterocycles. The Morgan fingerprint density at radius 3 is 2.80 bits per heavy atom. The topological polar surface area (TPSA) is 41.8 Å². The number of nitrogens with two attached hydrogens (primary N) is 1. The van der Waals surface area contributed by atoms with E-state index in [4.69, 9.17) is 5.73 Å². The van der Waals surface area contributed by atoms with Crippen molar-refractivity contribution in [3.05, 3.63) is 35.0 Å². The first-order chi connectivity index (χ1) is 7.22. The van der Waals surface area contributed by atoms with Crippen molar-refractivity contribution in [3.8, 4) is 0 Å². The zero-order chi connectivity index (χ0) is 10.8. The van der Waals surface area contributed by atoms with Crippen molar-refractivity contribution < 1.29 is 0 Å². The minimum absolute atomic E-state index is 0.762. The third-order valence-corrected chi connectivity index (χ3v) is 2.91. The summed E-state index contributed by atoms with van der Waals surface area (Å²) in [5, 5.41) is 1.35. The van der Waals surface area contributed by atoms with Crippen molar-refractivity contribution in [2.45, 2.75) is 26.7 Å². The summed E-state index contributed by atoms with van der Waals surface area (Å²) in [5.41, 5.74) is 10.8. The Kier molecular flexibility index (Phi) is 2.78. The van der Waals surface area contributed by atoms with Gasteiger partial charge >= 0.3 is 0 Å². The first kappa shape index (κ1) is 10.2. The Hall–Kier alpha value is -1.28. The molecule has 0 atom stereocenters. The summed E-state index contributed by atoms with van der Waals surface area (Å²) in [7, 11) is 0. The number of fused-ring (bicyclic) bond motifs is 1.